The molecule has 0 heterocycles. The fourth-order valence-electron chi connectivity index (χ4n) is 0.335. The highest BCUT2D eigenvalue weighted by Crippen LogP contribution is 1.86. The zero-order valence-electron chi connectivity index (χ0n) is 6.35. The molecule has 0 amide bonds. The van der Waals surface area contributed by atoms with Crippen LogP contribution in [-0.2, 0) is 10.0 Å². The Balaban J connectivity index is 3.81. The summed E-state index contributed by atoms with van der Waals surface area (Å²) >= 11 is 0. The molecule has 0 aromatic heterocycles. The first kappa shape index (κ1) is 9.65. The van der Waals surface area contributed by atoms with Gasteiger partial charge in [-0.2, -0.15) is 0 Å². The van der Waals surface area contributed by atoms with E-state index in [-0.39, 0.29) is 5.75 Å². The molecule has 0 radical (unpaired) electrons. The van der Waals surface area contributed by atoms with Crippen molar-refractivity contribution in [3.05, 3.63) is 12.2 Å². The number of hydrogen-bond acceptors (Lipinski definition) is 2. The molecule has 0 aliphatic rings. The van der Waals surface area contributed by atoms with E-state index in [2.05, 4.69) is 11.3 Å². The highest BCUT2D eigenvalue weighted by molar-refractivity contribution is 7.89. The topological polar surface area (TPSA) is 46.2 Å². The Kier molecular flexibility index (Phi) is 3.60. The van der Waals surface area contributed by atoms with E-state index in [9.17, 15) is 8.42 Å². The minimum atomic E-state index is -3.03. The third-order valence-corrected chi connectivity index (χ3v) is 2.32. The predicted molar refractivity (Wildman–Crippen MR) is 42.3 cm³/mol. The molecule has 0 bridgehead atoms. The molecule has 10 heavy (non-hydrogen) atoms. The quantitative estimate of drug-likeness (QED) is 0.613. The van der Waals surface area contributed by atoms with Gasteiger partial charge >= 0.3 is 0 Å². The maximum atomic E-state index is 10.8. The maximum Gasteiger partial charge on any atom is 0.211 e. The number of nitrogens with one attached hydrogen (secondary N) is 1. The molecule has 3 nitrogen and oxygen atoms in total. The molecular formula is C6H13NO2S. The van der Waals surface area contributed by atoms with Crippen LogP contribution in [0.25, 0.3) is 0 Å². The van der Waals surface area contributed by atoms with Crippen LogP contribution in [0.5, 0.6) is 0 Å². The molecule has 0 unspecified atom stereocenters. The Labute approximate surface area is 62.2 Å². The lowest BCUT2D eigenvalue weighted by atomic mass is 10.4. The van der Waals surface area contributed by atoms with Crippen molar-refractivity contribution in [3.8, 4) is 0 Å². The van der Waals surface area contributed by atoms with Gasteiger partial charge in [-0.05, 0) is 13.8 Å². The van der Waals surface area contributed by atoms with Crippen LogP contribution >= 0.6 is 0 Å². The SMILES string of the molecule is C=C(C)CNS(=O)(=O)CC. The number of rotatable bonds is 4. The second-order valence-electron chi connectivity index (χ2n) is 2.18. The van der Waals surface area contributed by atoms with Gasteiger partial charge in [0.15, 0.2) is 0 Å². The second kappa shape index (κ2) is 3.73. The highest BCUT2D eigenvalue weighted by Gasteiger charge is 2.03. The van der Waals surface area contributed by atoms with E-state index in [4.69, 9.17) is 0 Å². The van der Waals surface area contributed by atoms with Gasteiger partial charge in [0.1, 0.15) is 0 Å². The second-order valence-corrected chi connectivity index (χ2v) is 4.28. The van der Waals surface area contributed by atoms with Crippen LogP contribution < -0.4 is 4.72 Å². The summed E-state index contributed by atoms with van der Waals surface area (Å²) in [7, 11) is -3.03. The Morgan fingerprint density at radius 3 is 2.40 bits per heavy atom. The van der Waals surface area contributed by atoms with E-state index in [1.807, 2.05) is 0 Å². The third kappa shape index (κ3) is 4.52. The van der Waals surface area contributed by atoms with Gasteiger partial charge in [0.05, 0.1) is 5.75 Å². The van der Waals surface area contributed by atoms with Crippen LogP contribution in [0.1, 0.15) is 13.8 Å². The van der Waals surface area contributed by atoms with Crippen LogP contribution in [-0.4, -0.2) is 20.7 Å². The van der Waals surface area contributed by atoms with E-state index in [1.54, 1.807) is 13.8 Å². The van der Waals surface area contributed by atoms with Crippen molar-refractivity contribution in [1.29, 1.82) is 0 Å². The highest BCUT2D eigenvalue weighted by atomic mass is 32.2. The van der Waals surface area contributed by atoms with Crippen molar-refractivity contribution in [2.24, 2.45) is 0 Å². The van der Waals surface area contributed by atoms with E-state index in [0.29, 0.717) is 6.54 Å². The molecule has 0 aromatic rings. The van der Waals surface area contributed by atoms with Gasteiger partial charge in [-0.3, -0.25) is 0 Å². The Morgan fingerprint density at radius 1 is 1.60 bits per heavy atom. The van der Waals surface area contributed by atoms with Crippen molar-refractivity contribution in [2.45, 2.75) is 13.8 Å². The van der Waals surface area contributed by atoms with Crippen molar-refractivity contribution >= 4 is 10.0 Å². The minimum absolute atomic E-state index is 0.125. The predicted octanol–water partition coefficient (Wildman–Crippen LogP) is 0.502. The monoisotopic (exact) mass is 163 g/mol. The zero-order valence-corrected chi connectivity index (χ0v) is 7.16. The lowest BCUT2D eigenvalue weighted by Gasteiger charge is -2.01. The first-order valence-corrected chi connectivity index (χ1v) is 4.75. The summed E-state index contributed by atoms with van der Waals surface area (Å²) in [5.41, 5.74) is 0.817. The fraction of sp³-hybridized carbons (Fsp3) is 0.667. The summed E-state index contributed by atoms with van der Waals surface area (Å²) in [4.78, 5) is 0. The van der Waals surface area contributed by atoms with Crippen LogP contribution in [0.3, 0.4) is 0 Å². The first-order valence-electron chi connectivity index (χ1n) is 3.09. The van der Waals surface area contributed by atoms with Gasteiger partial charge in [0, 0.05) is 6.54 Å². The number of sulfonamides is 1. The summed E-state index contributed by atoms with van der Waals surface area (Å²) in [5, 5.41) is 0. The first-order chi connectivity index (χ1) is 4.48. The van der Waals surface area contributed by atoms with Crippen LogP contribution in [0.2, 0.25) is 0 Å². The van der Waals surface area contributed by atoms with E-state index in [0.717, 1.165) is 5.57 Å². The molecule has 0 aromatic carbocycles. The summed E-state index contributed by atoms with van der Waals surface area (Å²) in [6.45, 7) is 7.28. The van der Waals surface area contributed by atoms with Gasteiger partial charge in [0.2, 0.25) is 10.0 Å². The molecule has 0 saturated heterocycles. The van der Waals surface area contributed by atoms with Gasteiger partial charge in [-0.25, -0.2) is 13.1 Å². The average Bonchev–Trinajstić information content (AvgIpc) is 1.85. The zero-order chi connectivity index (χ0) is 8.20. The minimum Gasteiger partial charge on any atom is -0.212 e. The standard InChI is InChI=1S/C6H13NO2S/c1-4-10(8,9)7-5-6(2)3/h7H,2,4-5H2,1,3H3. The molecule has 1 N–H and O–H groups in total. The van der Waals surface area contributed by atoms with E-state index < -0.39 is 10.0 Å². The fourth-order valence-corrected chi connectivity index (χ4v) is 1.01. The van der Waals surface area contributed by atoms with Crippen LogP contribution in [0, 0.1) is 0 Å². The number of hydrogen-bond donors (Lipinski definition) is 1. The van der Waals surface area contributed by atoms with Crippen molar-refractivity contribution < 1.29 is 8.42 Å². The molecule has 0 rings (SSSR count). The Hall–Kier alpha value is -0.350. The van der Waals surface area contributed by atoms with Crippen molar-refractivity contribution in [2.75, 3.05) is 12.3 Å². The smallest absolute Gasteiger partial charge is 0.211 e. The molecular weight excluding hydrogens is 150 g/mol. The molecule has 0 saturated carbocycles. The molecule has 0 aliphatic carbocycles. The van der Waals surface area contributed by atoms with Crippen molar-refractivity contribution in [3.63, 3.8) is 0 Å². The Bertz CT molecular complexity index is 206. The molecule has 60 valence electrons. The molecule has 0 aliphatic heterocycles. The lowest BCUT2D eigenvalue weighted by Crippen LogP contribution is -2.26. The van der Waals surface area contributed by atoms with Crippen molar-refractivity contribution in [1.82, 2.24) is 4.72 Å². The van der Waals surface area contributed by atoms with Gasteiger partial charge < -0.3 is 0 Å². The summed E-state index contributed by atoms with van der Waals surface area (Å²) < 4.78 is 23.9. The van der Waals surface area contributed by atoms with Gasteiger partial charge in [-0.15, -0.1) is 0 Å². The van der Waals surface area contributed by atoms with Gasteiger partial charge in [-0.1, -0.05) is 12.2 Å². The maximum absolute atomic E-state index is 10.8. The normalized spacial score (nSPS) is 11.4. The summed E-state index contributed by atoms with van der Waals surface area (Å²) in [6, 6.07) is 0. The molecule has 4 heteroatoms. The van der Waals surface area contributed by atoms with E-state index in [1.165, 1.54) is 0 Å². The van der Waals surface area contributed by atoms with E-state index >= 15 is 0 Å². The average molecular weight is 163 g/mol. The molecule has 0 spiro atoms. The molecule has 0 atom stereocenters. The Morgan fingerprint density at radius 2 is 2.10 bits per heavy atom. The van der Waals surface area contributed by atoms with Crippen LogP contribution in [0.4, 0.5) is 0 Å². The largest absolute Gasteiger partial charge is 0.212 e. The van der Waals surface area contributed by atoms with Gasteiger partial charge in [0.25, 0.3) is 0 Å². The summed E-state index contributed by atoms with van der Waals surface area (Å²) in [6.07, 6.45) is 0. The summed E-state index contributed by atoms with van der Waals surface area (Å²) in [5.74, 6) is 0.125. The molecule has 0 fully saturated rings. The third-order valence-electron chi connectivity index (χ3n) is 0.974. The van der Waals surface area contributed by atoms with Crippen LogP contribution in [0.15, 0.2) is 12.2 Å². The lowest BCUT2D eigenvalue weighted by molar-refractivity contribution is 0.586.